The number of nitrogens with zero attached hydrogens (tertiary/aromatic N) is 1. The van der Waals surface area contributed by atoms with Crippen molar-refractivity contribution in [3.05, 3.63) is 76.9 Å². The van der Waals surface area contributed by atoms with Gasteiger partial charge in [-0.25, -0.2) is 8.42 Å². The molecule has 0 aromatic heterocycles. The van der Waals surface area contributed by atoms with Gasteiger partial charge >= 0.3 is 0 Å². The van der Waals surface area contributed by atoms with Crippen LogP contribution in [0.3, 0.4) is 0 Å². The molecule has 1 N–H and O–H groups in total. The van der Waals surface area contributed by atoms with Crippen LogP contribution in [0.2, 0.25) is 0 Å². The monoisotopic (exact) mass is 502 g/mol. The summed E-state index contributed by atoms with van der Waals surface area (Å²) in [4.78, 5) is 16.4. The van der Waals surface area contributed by atoms with Crippen LogP contribution in [0.4, 0.5) is 5.69 Å². The Kier molecular flexibility index (Phi) is 5.46. The maximum absolute atomic E-state index is 13.8. The van der Waals surface area contributed by atoms with E-state index in [9.17, 15) is 13.2 Å². The molecule has 3 aliphatic heterocycles. The zero-order valence-electron chi connectivity index (χ0n) is 20.6. The molecular weight excluding hydrogens is 472 g/mol. The number of carbonyl (C=O) groups is 1. The van der Waals surface area contributed by atoms with Gasteiger partial charge in [0.15, 0.2) is 15.6 Å². The van der Waals surface area contributed by atoms with E-state index in [1.807, 2.05) is 24.3 Å². The van der Waals surface area contributed by atoms with Crippen molar-refractivity contribution in [2.45, 2.75) is 29.6 Å². The standard InChI is InChI=1S/C29H30N2O4S/c1-31-14-12-29(13-15-31)18-30-26-23-11-16-35-28(23)24(17-25(26)29)27(32)21-5-3-19(4-6-21)20-7-9-22(10-8-20)36(2,33)34/h3-10,17,30H,11-16,18H2,1-2H3. The van der Waals surface area contributed by atoms with E-state index < -0.39 is 9.84 Å². The quantitative estimate of drug-likeness (QED) is 0.536. The first-order valence-corrected chi connectivity index (χ1v) is 14.4. The summed E-state index contributed by atoms with van der Waals surface area (Å²) in [7, 11) is -1.06. The van der Waals surface area contributed by atoms with Crippen molar-refractivity contribution in [1.82, 2.24) is 4.90 Å². The zero-order chi connectivity index (χ0) is 25.1. The van der Waals surface area contributed by atoms with Crippen LogP contribution in [0.25, 0.3) is 11.1 Å². The van der Waals surface area contributed by atoms with Crippen LogP contribution in [0.15, 0.2) is 59.5 Å². The minimum Gasteiger partial charge on any atom is -0.492 e. The molecule has 186 valence electrons. The van der Waals surface area contributed by atoms with E-state index in [2.05, 4.69) is 23.3 Å². The smallest absolute Gasteiger partial charge is 0.196 e. The van der Waals surface area contributed by atoms with Crippen molar-refractivity contribution in [3.63, 3.8) is 0 Å². The molecule has 0 aliphatic carbocycles. The van der Waals surface area contributed by atoms with Crippen molar-refractivity contribution in [2.75, 3.05) is 44.9 Å². The van der Waals surface area contributed by atoms with Gasteiger partial charge in [0.05, 0.1) is 17.1 Å². The molecule has 0 saturated carbocycles. The van der Waals surface area contributed by atoms with E-state index in [0.717, 1.165) is 61.3 Å². The van der Waals surface area contributed by atoms with E-state index in [1.54, 1.807) is 24.3 Å². The van der Waals surface area contributed by atoms with Crippen LogP contribution in [-0.4, -0.2) is 58.6 Å². The highest BCUT2D eigenvalue weighted by Gasteiger charge is 2.44. The van der Waals surface area contributed by atoms with Gasteiger partial charge in [0.25, 0.3) is 0 Å². The number of piperidine rings is 1. The van der Waals surface area contributed by atoms with Crippen LogP contribution in [-0.2, 0) is 21.7 Å². The highest BCUT2D eigenvalue weighted by atomic mass is 32.2. The average Bonchev–Trinajstić information content (AvgIpc) is 3.50. The number of benzene rings is 3. The Hall–Kier alpha value is -3.16. The summed E-state index contributed by atoms with van der Waals surface area (Å²) in [5, 5.41) is 3.67. The van der Waals surface area contributed by atoms with Crippen molar-refractivity contribution >= 4 is 21.3 Å². The summed E-state index contributed by atoms with van der Waals surface area (Å²) in [6.07, 6.45) is 4.20. The van der Waals surface area contributed by atoms with E-state index in [-0.39, 0.29) is 11.2 Å². The Labute approximate surface area is 212 Å². The highest BCUT2D eigenvalue weighted by molar-refractivity contribution is 7.90. The van der Waals surface area contributed by atoms with Crippen LogP contribution in [0.5, 0.6) is 5.75 Å². The molecule has 0 unspecified atom stereocenters. The fourth-order valence-electron chi connectivity index (χ4n) is 5.88. The maximum Gasteiger partial charge on any atom is 0.196 e. The first kappa shape index (κ1) is 23.3. The Morgan fingerprint density at radius 2 is 1.64 bits per heavy atom. The normalized spacial score (nSPS) is 18.4. The molecule has 0 atom stereocenters. The third-order valence-electron chi connectivity index (χ3n) is 8.10. The zero-order valence-corrected chi connectivity index (χ0v) is 21.5. The third kappa shape index (κ3) is 3.82. The molecule has 0 radical (unpaired) electrons. The lowest BCUT2D eigenvalue weighted by atomic mass is 9.73. The summed E-state index contributed by atoms with van der Waals surface area (Å²) in [5.41, 5.74) is 6.81. The second-order valence-corrected chi connectivity index (χ2v) is 12.4. The Bertz CT molecular complexity index is 1450. The summed E-state index contributed by atoms with van der Waals surface area (Å²) in [5.74, 6) is 0.710. The topological polar surface area (TPSA) is 75.7 Å². The molecule has 1 saturated heterocycles. The Balaban J connectivity index is 1.33. The summed E-state index contributed by atoms with van der Waals surface area (Å²) in [6.45, 7) is 3.65. The Morgan fingerprint density at radius 1 is 1.00 bits per heavy atom. The van der Waals surface area contributed by atoms with Gasteiger partial charge in [-0.05, 0) is 67.9 Å². The van der Waals surface area contributed by atoms with Gasteiger partial charge in [-0.2, -0.15) is 0 Å². The number of fused-ring (bicyclic) bond motifs is 4. The van der Waals surface area contributed by atoms with Gasteiger partial charge in [-0.3, -0.25) is 4.79 Å². The number of sulfone groups is 1. The third-order valence-corrected chi connectivity index (χ3v) is 9.23. The van der Waals surface area contributed by atoms with Gasteiger partial charge in [0.1, 0.15) is 5.75 Å². The van der Waals surface area contributed by atoms with Crippen LogP contribution in [0, 0.1) is 0 Å². The van der Waals surface area contributed by atoms with Crippen LogP contribution < -0.4 is 10.1 Å². The lowest BCUT2D eigenvalue weighted by molar-refractivity contribution is 0.103. The second-order valence-electron chi connectivity index (χ2n) is 10.4. The lowest BCUT2D eigenvalue weighted by Gasteiger charge is -2.38. The minimum atomic E-state index is -3.24. The second kappa shape index (κ2) is 8.46. The SMILES string of the molecule is CN1CCC2(CC1)CNc1c2cc(C(=O)c2ccc(-c3ccc(S(C)(=O)=O)cc3)cc2)c2c1CCO2. The first-order chi connectivity index (χ1) is 17.2. The highest BCUT2D eigenvalue weighted by Crippen LogP contribution is 2.50. The average molecular weight is 503 g/mol. The molecule has 0 bridgehead atoms. The first-order valence-electron chi connectivity index (χ1n) is 12.5. The molecule has 3 aromatic rings. The maximum atomic E-state index is 13.8. The number of likely N-dealkylation sites (tertiary alicyclic amines) is 1. The number of anilines is 1. The number of ketones is 1. The fraction of sp³-hybridized carbons (Fsp3) is 0.345. The summed E-state index contributed by atoms with van der Waals surface area (Å²) in [6, 6.07) is 16.4. The molecular formula is C29H30N2O4S. The van der Waals surface area contributed by atoms with E-state index >= 15 is 0 Å². The van der Waals surface area contributed by atoms with Crippen molar-refractivity contribution in [1.29, 1.82) is 0 Å². The fourth-order valence-corrected chi connectivity index (χ4v) is 6.51. The number of hydrogen-bond donors (Lipinski definition) is 1. The number of hydrogen-bond acceptors (Lipinski definition) is 6. The largest absolute Gasteiger partial charge is 0.492 e. The molecule has 7 heteroatoms. The summed E-state index contributed by atoms with van der Waals surface area (Å²) >= 11 is 0. The van der Waals surface area contributed by atoms with Crippen molar-refractivity contribution < 1.29 is 17.9 Å². The molecule has 36 heavy (non-hydrogen) atoms. The lowest BCUT2D eigenvalue weighted by Crippen LogP contribution is -2.42. The van der Waals surface area contributed by atoms with Crippen LogP contribution in [0.1, 0.15) is 39.9 Å². The summed E-state index contributed by atoms with van der Waals surface area (Å²) < 4.78 is 29.5. The van der Waals surface area contributed by atoms with E-state index in [1.165, 1.54) is 17.5 Å². The van der Waals surface area contributed by atoms with E-state index in [0.29, 0.717) is 22.6 Å². The number of carbonyl (C=O) groups excluding carboxylic acids is 1. The van der Waals surface area contributed by atoms with Gasteiger partial charge in [-0.1, -0.05) is 36.4 Å². The number of ether oxygens (including phenoxy) is 1. The van der Waals surface area contributed by atoms with Gasteiger partial charge < -0.3 is 15.0 Å². The molecule has 1 spiro atoms. The Morgan fingerprint density at radius 3 is 2.28 bits per heavy atom. The molecule has 0 amide bonds. The number of nitrogens with one attached hydrogen (secondary N) is 1. The predicted molar refractivity (Wildman–Crippen MR) is 141 cm³/mol. The molecule has 3 aromatic carbocycles. The molecule has 3 aliphatic rings. The molecule has 1 fully saturated rings. The predicted octanol–water partition coefficient (Wildman–Crippen LogP) is 4.31. The van der Waals surface area contributed by atoms with Gasteiger partial charge in [-0.15, -0.1) is 0 Å². The van der Waals surface area contributed by atoms with Crippen LogP contribution >= 0.6 is 0 Å². The molecule has 6 rings (SSSR count). The van der Waals surface area contributed by atoms with Gasteiger partial charge in [0.2, 0.25) is 0 Å². The minimum absolute atomic E-state index is 0.0232. The van der Waals surface area contributed by atoms with Crippen molar-refractivity contribution in [3.8, 4) is 16.9 Å². The van der Waals surface area contributed by atoms with E-state index in [4.69, 9.17) is 4.74 Å². The number of rotatable bonds is 4. The molecule has 3 heterocycles. The van der Waals surface area contributed by atoms with Crippen molar-refractivity contribution in [2.24, 2.45) is 0 Å². The molecule has 6 nitrogen and oxygen atoms in total. The van der Waals surface area contributed by atoms with Gasteiger partial charge in [0, 0.05) is 41.5 Å².